The van der Waals surface area contributed by atoms with Gasteiger partial charge >= 0.3 is 5.97 Å². The molecule has 0 aliphatic rings. The minimum atomic E-state index is -3.47. The van der Waals surface area contributed by atoms with Gasteiger partial charge in [-0.3, -0.25) is 4.79 Å². The van der Waals surface area contributed by atoms with Crippen LogP contribution in [0.15, 0.2) is 29.2 Å². The molecule has 0 unspecified atom stereocenters. The topological polar surface area (TPSA) is 60.4 Å². The Morgan fingerprint density at radius 3 is 2.33 bits per heavy atom. The minimum Gasteiger partial charge on any atom is -0.463 e. The van der Waals surface area contributed by atoms with Crippen LogP contribution in [-0.2, 0) is 19.4 Å². The molecule has 0 radical (unpaired) electrons. The van der Waals surface area contributed by atoms with Gasteiger partial charge in [0.05, 0.1) is 23.2 Å². The van der Waals surface area contributed by atoms with Crippen LogP contribution >= 0.6 is 11.6 Å². The van der Waals surface area contributed by atoms with Gasteiger partial charge in [-0.1, -0.05) is 11.6 Å². The minimum absolute atomic E-state index is 0.150. The standard InChI is InChI=1S/C12H15ClO4S/c1-9(2)17-12(14)7-8-18(15,16)11-5-3-10(13)4-6-11/h3-6,9H,7-8H2,1-2H3. The number of carbonyl (C=O) groups excluding carboxylic acids is 1. The van der Waals surface area contributed by atoms with Crippen LogP contribution in [0.3, 0.4) is 0 Å². The maximum atomic E-state index is 11.9. The van der Waals surface area contributed by atoms with E-state index >= 15 is 0 Å². The van der Waals surface area contributed by atoms with Crippen LogP contribution in [0, 0.1) is 0 Å². The molecule has 100 valence electrons. The average Bonchev–Trinajstić information content (AvgIpc) is 2.26. The van der Waals surface area contributed by atoms with Gasteiger partial charge in [-0.2, -0.15) is 0 Å². The summed E-state index contributed by atoms with van der Waals surface area (Å²) in [5, 5.41) is 0.466. The van der Waals surface area contributed by atoms with Crippen molar-refractivity contribution in [2.45, 2.75) is 31.3 Å². The van der Waals surface area contributed by atoms with Crippen LogP contribution < -0.4 is 0 Å². The summed E-state index contributed by atoms with van der Waals surface area (Å²) < 4.78 is 28.6. The summed E-state index contributed by atoms with van der Waals surface area (Å²) >= 11 is 5.68. The smallest absolute Gasteiger partial charge is 0.307 e. The molecule has 0 aromatic heterocycles. The largest absolute Gasteiger partial charge is 0.463 e. The van der Waals surface area contributed by atoms with Crippen molar-refractivity contribution in [2.24, 2.45) is 0 Å². The zero-order valence-corrected chi connectivity index (χ0v) is 11.8. The lowest BCUT2D eigenvalue weighted by molar-refractivity contribution is -0.146. The van der Waals surface area contributed by atoms with E-state index in [1.807, 2.05) is 0 Å². The van der Waals surface area contributed by atoms with E-state index in [4.69, 9.17) is 16.3 Å². The van der Waals surface area contributed by atoms with Gasteiger partial charge in [0.25, 0.3) is 0 Å². The van der Waals surface area contributed by atoms with Crippen LogP contribution in [0.2, 0.25) is 5.02 Å². The first-order valence-corrected chi connectivity index (χ1v) is 7.52. The predicted molar refractivity (Wildman–Crippen MR) is 69.3 cm³/mol. The number of hydrogen-bond acceptors (Lipinski definition) is 4. The Bertz CT molecular complexity index is 505. The third kappa shape index (κ3) is 4.66. The molecule has 0 heterocycles. The van der Waals surface area contributed by atoms with Gasteiger partial charge in [0.1, 0.15) is 0 Å². The average molecular weight is 291 g/mol. The van der Waals surface area contributed by atoms with E-state index < -0.39 is 15.8 Å². The SMILES string of the molecule is CC(C)OC(=O)CCS(=O)(=O)c1ccc(Cl)cc1. The van der Waals surface area contributed by atoms with Crippen molar-refractivity contribution in [3.63, 3.8) is 0 Å². The van der Waals surface area contributed by atoms with Crippen molar-refractivity contribution in [1.29, 1.82) is 0 Å². The Labute approximate surface area is 112 Å². The first kappa shape index (κ1) is 15.0. The molecule has 0 saturated carbocycles. The normalized spacial score (nSPS) is 11.6. The van der Waals surface area contributed by atoms with Gasteiger partial charge < -0.3 is 4.74 Å². The Hall–Kier alpha value is -1.07. The van der Waals surface area contributed by atoms with E-state index in [-0.39, 0.29) is 23.2 Å². The van der Waals surface area contributed by atoms with Crippen LogP contribution in [0.5, 0.6) is 0 Å². The molecular weight excluding hydrogens is 276 g/mol. The molecule has 0 bridgehead atoms. The summed E-state index contributed by atoms with van der Waals surface area (Å²) in [6.45, 7) is 3.43. The van der Waals surface area contributed by atoms with E-state index in [9.17, 15) is 13.2 Å². The van der Waals surface area contributed by atoms with Crippen molar-refractivity contribution < 1.29 is 17.9 Å². The van der Waals surface area contributed by atoms with Crippen LogP contribution in [0.4, 0.5) is 0 Å². The van der Waals surface area contributed by atoms with Gasteiger partial charge in [-0.25, -0.2) is 8.42 Å². The molecule has 0 N–H and O–H groups in total. The fourth-order valence-corrected chi connectivity index (χ4v) is 2.65. The van der Waals surface area contributed by atoms with E-state index in [1.54, 1.807) is 13.8 Å². The van der Waals surface area contributed by atoms with Gasteiger partial charge in [-0.15, -0.1) is 0 Å². The Morgan fingerprint density at radius 1 is 1.28 bits per heavy atom. The first-order chi connectivity index (χ1) is 8.31. The highest BCUT2D eigenvalue weighted by molar-refractivity contribution is 7.91. The van der Waals surface area contributed by atoms with Gasteiger partial charge in [0.2, 0.25) is 0 Å². The van der Waals surface area contributed by atoms with Crippen molar-refractivity contribution in [2.75, 3.05) is 5.75 Å². The molecule has 4 nitrogen and oxygen atoms in total. The number of halogens is 1. The summed E-state index contributed by atoms with van der Waals surface area (Å²) in [5.41, 5.74) is 0. The highest BCUT2D eigenvalue weighted by atomic mass is 35.5. The fraction of sp³-hybridized carbons (Fsp3) is 0.417. The van der Waals surface area contributed by atoms with Crippen molar-refractivity contribution in [3.05, 3.63) is 29.3 Å². The number of hydrogen-bond donors (Lipinski definition) is 0. The number of sulfone groups is 1. The number of ether oxygens (including phenoxy) is 1. The highest BCUT2D eigenvalue weighted by Gasteiger charge is 2.17. The number of esters is 1. The van der Waals surface area contributed by atoms with Crippen molar-refractivity contribution in [1.82, 2.24) is 0 Å². The second kappa shape index (κ2) is 6.20. The molecule has 0 amide bonds. The third-order valence-corrected chi connectivity index (χ3v) is 4.10. The second-order valence-corrected chi connectivity index (χ2v) is 6.61. The molecule has 0 aliphatic heterocycles. The molecule has 0 aliphatic carbocycles. The van der Waals surface area contributed by atoms with Crippen molar-refractivity contribution in [3.8, 4) is 0 Å². The lowest BCUT2D eigenvalue weighted by atomic mass is 10.4. The van der Waals surface area contributed by atoms with Crippen LogP contribution in [-0.4, -0.2) is 26.2 Å². The Kier molecular flexibility index (Phi) is 5.16. The summed E-state index contributed by atoms with van der Waals surface area (Å²) in [6, 6.07) is 5.85. The molecule has 1 rings (SSSR count). The monoisotopic (exact) mass is 290 g/mol. The molecular formula is C12H15ClO4S. The molecule has 6 heteroatoms. The fourth-order valence-electron chi connectivity index (χ4n) is 1.30. The van der Waals surface area contributed by atoms with Gasteiger partial charge in [-0.05, 0) is 38.1 Å². The maximum Gasteiger partial charge on any atom is 0.307 e. The molecule has 18 heavy (non-hydrogen) atoms. The van der Waals surface area contributed by atoms with Crippen molar-refractivity contribution >= 4 is 27.4 Å². The highest BCUT2D eigenvalue weighted by Crippen LogP contribution is 2.16. The number of benzene rings is 1. The zero-order valence-electron chi connectivity index (χ0n) is 10.2. The summed E-state index contributed by atoms with van der Waals surface area (Å²) in [6.07, 6.45) is -0.390. The predicted octanol–water partition coefficient (Wildman–Crippen LogP) is 2.46. The van der Waals surface area contributed by atoms with E-state index in [1.165, 1.54) is 24.3 Å². The Balaban J connectivity index is 2.66. The van der Waals surface area contributed by atoms with E-state index in [0.717, 1.165) is 0 Å². The Morgan fingerprint density at radius 2 is 1.83 bits per heavy atom. The van der Waals surface area contributed by atoms with Crippen LogP contribution in [0.1, 0.15) is 20.3 Å². The van der Waals surface area contributed by atoms with E-state index in [0.29, 0.717) is 5.02 Å². The van der Waals surface area contributed by atoms with Gasteiger partial charge in [0, 0.05) is 5.02 Å². The third-order valence-electron chi connectivity index (χ3n) is 2.11. The van der Waals surface area contributed by atoms with Crippen LogP contribution in [0.25, 0.3) is 0 Å². The quantitative estimate of drug-likeness (QED) is 0.782. The molecule has 0 spiro atoms. The van der Waals surface area contributed by atoms with Gasteiger partial charge in [0.15, 0.2) is 9.84 Å². The first-order valence-electron chi connectivity index (χ1n) is 5.49. The second-order valence-electron chi connectivity index (χ2n) is 4.06. The summed E-state index contributed by atoms with van der Waals surface area (Å²) in [5.74, 6) is -0.775. The maximum absolute atomic E-state index is 11.9. The molecule has 1 aromatic carbocycles. The van der Waals surface area contributed by atoms with E-state index in [2.05, 4.69) is 0 Å². The summed E-state index contributed by atoms with van der Waals surface area (Å²) in [4.78, 5) is 11.4. The molecule has 0 saturated heterocycles. The lowest BCUT2D eigenvalue weighted by Crippen LogP contribution is -2.16. The zero-order chi connectivity index (χ0) is 13.8. The molecule has 1 aromatic rings. The summed E-state index contributed by atoms with van der Waals surface area (Å²) in [7, 11) is -3.47. The number of carbonyl (C=O) groups is 1. The number of rotatable bonds is 5. The molecule has 0 atom stereocenters. The molecule has 0 fully saturated rings. The lowest BCUT2D eigenvalue weighted by Gasteiger charge is -2.08.